The average Bonchev–Trinajstić information content (AvgIpc) is 3.62. The summed E-state index contributed by atoms with van der Waals surface area (Å²) < 4.78 is 2.67. The minimum Gasteiger partial charge on any atom is -0.364 e. The summed E-state index contributed by atoms with van der Waals surface area (Å²) in [6.45, 7) is 0. The van der Waals surface area contributed by atoms with Gasteiger partial charge >= 0.3 is 0 Å². The van der Waals surface area contributed by atoms with Gasteiger partial charge in [-0.15, -0.1) is 0 Å². The van der Waals surface area contributed by atoms with Gasteiger partial charge in [0.15, 0.2) is 0 Å². The number of allylic oxidation sites excluding steroid dienone is 10. The van der Waals surface area contributed by atoms with Gasteiger partial charge in [-0.1, -0.05) is 109 Å². The van der Waals surface area contributed by atoms with Gasteiger partial charge in [0, 0.05) is 57.8 Å². The molecule has 0 amide bonds. The number of para-hydroxylation sites is 1. The van der Waals surface area contributed by atoms with Crippen molar-refractivity contribution in [2.75, 3.05) is 0 Å². The van der Waals surface area contributed by atoms with E-state index >= 15 is 0 Å². The number of likely N-dealkylation sites (tertiary alicyclic amines) is 1. The number of hydrogen-bond acceptors (Lipinski definition) is 1. The molecule has 1 fully saturated rings. The third-order valence-electron chi connectivity index (χ3n) is 11.3. The van der Waals surface area contributed by atoms with E-state index in [1.807, 2.05) is 0 Å². The van der Waals surface area contributed by atoms with E-state index in [2.05, 4.69) is 131 Å². The Kier molecular flexibility index (Phi) is 6.50. The Balaban J connectivity index is 1.09. The second kappa shape index (κ2) is 10.8. The van der Waals surface area contributed by atoms with Crippen LogP contribution in [0.5, 0.6) is 0 Å². The molecule has 2 aromatic carbocycles. The smallest absolute Gasteiger partial charge is 0.0545 e. The molecule has 0 N–H and O–H groups in total. The summed E-state index contributed by atoms with van der Waals surface area (Å²) in [6, 6.07) is 21.2. The van der Waals surface area contributed by atoms with E-state index in [0.29, 0.717) is 35.8 Å². The lowest BCUT2D eigenvalue weighted by Gasteiger charge is -2.38. The molecule has 44 heavy (non-hydrogen) atoms. The molecular formula is C42H42N2. The minimum absolute atomic E-state index is 0.391. The third-order valence-corrected chi connectivity index (χ3v) is 11.3. The second-order valence-corrected chi connectivity index (χ2v) is 13.7. The van der Waals surface area contributed by atoms with Crippen LogP contribution in [0.15, 0.2) is 127 Å². The van der Waals surface area contributed by atoms with Crippen molar-refractivity contribution in [3.63, 3.8) is 0 Å². The largest absolute Gasteiger partial charge is 0.364 e. The van der Waals surface area contributed by atoms with Gasteiger partial charge in [-0.05, 0) is 74.6 Å². The van der Waals surface area contributed by atoms with Crippen molar-refractivity contribution in [2.45, 2.75) is 75.3 Å². The summed E-state index contributed by atoms with van der Waals surface area (Å²) in [5.74, 6) is 1.93. The maximum atomic E-state index is 2.85. The maximum absolute atomic E-state index is 2.85. The molecule has 1 aliphatic heterocycles. The molecule has 2 heteroatoms. The van der Waals surface area contributed by atoms with Crippen molar-refractivity contribution in [3.8, 4) is 0 Å². The fourth-order valence-corrected chi connectivity index (χ4v) is 9.39. The molecule has 220 valence electrons. The molecule has 0 radical (unpaired) electrons. The summed E-state index contributed by atoms with van der Waals surface area (Å²) in [5.41, 5.74) is 10.3. The van der Waals surface area contributed by atoms with E-state index in [4.69, 9.17) is 0 Å². The summed E-state index contributed by atoms with van der Waals surface area (Å²) in [6.07, 6.45) is 37.0. The van der Waals surface area contributed by atoms with Gasteiger partial charge in [0.05, 0.1) is 11.6 Å². The Morgan fingerprint density at radius 2 is 1.68 bits per heavy atom. The predicted octanol–water partition coefficient (Wildman–Crippen LogP) is 10.3. The van der Waals surface area contributed by atoms with E-state index < -0.39 is 0 Å². The standard InChI is InChI=1S/C42H42N2/c1-3-13-29(14-4-1)30-15-11-18-33(27-30)43-39-23-9-8-20-36(39)38-28-31(25-26-41(38)43)34-21-12-22-37-35-19-7-10-24-40(35)44(42(34)37)32-16-5-2-6-17-32/h1,3-4,7-8,10-16,18-20,22,24-26,28,30,34,36,38-39,41H,2,5-6,9,17,21,23,27H2. The van der Waals surface area contributed by atoms with Crippen LogP contribution >= 0.6 is 0 Å². The molecule has 2 nitrogen and oxygen atoms in total. The molecule has 6 unspecified atom stereocenters. The lowest BCUT2D eigenvalue weighted by Crippen LogP contribution is -2.38. The van der Waals surface area contributed by atoms with Gasteiger partial charge in [0.1, 0.15) is 0 Å². The molecule has 3 aromatic rings. The normalized spacial score (nSPS) is 30.5. The lowest BCUT2D eigenvalue weighted by molar-refractivity contribution is 0.239. The van der Waals surface area contributed by atoms with Crippen LogP contribution in [0.3, 0.4) is 0 Å². The van der Waals surface area contributed by atoms with Crippen molar-refractivity contribution in [2.24, 2.45) is 11.8 Å². The number of nitrogens with zero attached hydrogens (tertiary/aromatic N) is 2. The van der Waals surface area contributed by atoms with Gasteiger partial charge < -0.3 is 9.47 Å². The van der Waals surface area contributed by atoms with Crippen molar-refractivity contribution < 1.29 is 0 Å². The molecule has 5 aliphatic carbocycles. The number of hydrogen-bond donors (Lipinski definition) is 0. The molecule has 0 bridgehead atoms. The third kappa shape index (κ3) is 4.21. The molecule has 6 atom stereocenters. The topological polar surface area (TPSA) is 8.17 Å². The van der Waals surface area contributed by atoms with E-state index in [-0.39, 0.29) is 0 Å². The quantitative estimate of drug-likeness (QED) is 0.281. The number of benzene rings is 2. The summed E-state index contributed by atoms with van der Waals surface area (Å²) >= 11 is 0. The van der Waals surface area contributed by atoms with Crippen LogP contribution in [-0.4, -0.2) is 21.6 Å². The highest BCUT2D eigenvalue weighted by atomic mass is 15.2. The van der Waals surface area contributed by atoms with Crippen LogP contribution in [-0.2, 0) is 0 Å². The van der Waals surface area contributed by atoms with Crippen molar-refractivity contribution >= 4 is 22.7 Å². The van der Waals surface area contributed by atoms with E-state index in [9.17, 15) is 0 Å². The predicted molar refractivity (Wildman–Crippen MR) is 184 cm³/mol. The van der Waals surface area contributed by atoms with Crippen LogP contribution in [0.25, 0.3) is 22.7 Å². The Morgan fingerprint density at radius 1 is 0.773 bits per heavy atom. The van der Waals surface area contributed by atoms with Gasteiger partial charge in [-0.3, -0.25) is 0 Å². The average molecular weight is 575 g/mol. The zero-order valence-electron chi connectivity index (χ0n) is 25.6. The number of aromatic nitrogens is 1. The van der Waals surface area contributed by atoms with E-state index in [1.54, 1.807) is 0 Å². The maximum Gasteiger partial charge on any atom is 0.0545 e. The highest BCUT2D eigenvalue weighted by Crippen LogP contribution is 2.51. The second-order valence-electron chi connectivity index (χ2n) is 13.7. The summed E-state index contributed by atoms with van der Waals surface area (Å²) in [7, 11) is 0. The first-order valence-electron chi connectivity index (χ1n) is 17.1. The van der Waals surface area contributed by atoms with Crippen molar-refractivity contribution in [1.82, 2.24) is 9.47 Å². The van der Waals surface area contributed by atoms with Crippen LogP contribution in [0.1, 0.15) is 80.0 Å². The Bertz CT molecular complexity index is 1800. The molecule has 1 aromatic heterocycles. The summed E-state index contributed by atoms with van der Waals surface area (Å²) in [5, 5.41) is 1.40. The zero-order chi connectivity index (χ0) is 29.0. The van der Waals surface area contributed by atoms with Gasteiger partial charge in [0.25, 0.3) is 0 Å². The molecular weight excluding hydrogens is 532 g/mol. The van der Waals surface area contributed by atoms with E-state index in [1.165, 1.54) is 83.2 Å². The highest BCUT2D eigenvalue weighted by molar-refractivity contribution is 5.95. The monoisotopic (exact) mass is 574 g/mol. The fraction of sp³-hybridized carbons (Fsp3) is 0.333. The van der Waals surface area contributed by atoms with E-state index in [0.717, 1.165) is 12.8 Å². The minimum atomic E-state index is 0.391. The number of rotatable bonds is 4. The van der Waals surface area contributed by atoms with Crippen LogP contribution in [0.4, 0.5) is 0 Å². The van der Waals surface area contributed by atoms with Crippen molar-refractivity contribution in [3.05, 3.63) is 143 Å². The molecule has 1 saturated heterocycles. The van der Waals surface area contributed by atoms with Gasteiger partial charge in [0.2, 0.25) is 0 Å². The first-order valence-corrected chi connectivity index (χ1v) is 17.1. The summed E-state index contributed by atoms with van der Waals surface area (Å²) in [4.78, 5) is 2.85. The van der Waals surface area contributed by atoms with Gasteiger partial charge in [-0.25, -0.2) is 0 Å². The number of fused-ring (bicyclic) bond motifs is 6. The molecule has 2 heterocycles. The Labute approximate surface area is 262 Å². The highest BCUT2D eigenvalue weighted by Gasteiger charge is 2.48. The Morgan fingerprint density at radius 3 is 2.59 bits per heavy atom. The SMILES string of the molecule is C1=CC(c2ccccc2)CC(N2C3C=CC(C4CC=Cc5c4n(C4=CCCCC4)c4ccccc54)=CC3C3C=CCCC32)=C1. The van der Waals surface area contributed by atoms with Crippen LogP contribution < -0.4 is 0 Å². The lowest BCUT2D eigenvalue weighted by atomic mass is 9.76. The molecule has 9 rings (SSSR count). The zero-order valence-corrected chi connectivity index (χ0v) is 25.6. The fourth-order valence-electron chi connectivity index (χ4n) is 9.39. The molecule has 0 spiro atoms. The first kappa shape index (κ1) is 26.4. The van der Waals surface area contributed by atoms with Gasteiger partial charge in [-0.2, -0.15) is 0 Å². The first-order chi connectivity index (χ1) is 21.8. The van der Waals surface area contributed by atoms with Crippen LogP contribution in [0, 0.1) is 11.8 Å². The molecule has 0 saturated carbocycles. The van der Waals surface area contributed by atoms with Crippen LogP contribution in [0.2, 0.25) is 0 Å². The van der Waals surface area contributed by atoms with Crippen molar-refractivity contribution in [1.29, 1.82) is 0 Å². The Hall–Kier alpha value is -4.04. The molecule has 6 aliphatic rings.